The highest BCUT2D eigenvalue weighted by molar-refractivity contribution is 4.94. The summed E-state index contributed by atoms with van der Waals surface area (Å²) in [7, 11) is 0. The van der Waals surface area contributed by atoms with Crippen molar-refractivity contribution in [3.63, 3.8) is 0 Å². The number of imidazole rings is 1. The van der Waals surface area contributed by atoms with E-state index in [4.69, 9.17) is 0 Å². The lowest BCUT2D eigenvalue weighted by Crippen LogP contribution is -2.47. The monoisotopic (exact) mass is 276 g/mol. The molecule has 1 aromatic heterocycles. The van der Waals surface area contributed by atoms with Crippen LogP contribution in [0.1, 0.15) is 50.6 Å². The van der Waals surface area contributed by atoms with Crippen LogP contribution in [0.5, 0.6) is 0 Å². The number of hydrogen-bond donors (Lipinski definition) is 2. The van der Waals surface area contributed by atoms with Gasteiger partial charge in [0, 0.05) is 37.6 Å². The van der Waals surface area contributed by atoms with Crippen LogP contribution in [0, 0.1) is 5.92 Å². The fourth-order valence-corrected chi connectivity index (χ4v) is 3.76. The number of piperidine rings is 1. The van der Waals surface area contributed by atoms with Crippen LogP contribution in [-0.2, 0) is 6.54 Å². The first-order valence-corrected chi connectivity index (χ1v) is 8.33. The minimum absolute atomic E-state index is 0.649. The van der Waals surface area contributed by atoms with Crippen molar-refractivity contribution < 1.29 is 0 Å². The summed E-state index contributed by atoms with van der Waals surface area (Å²) in [6.07, 6.45) is 13.6. The Morgan fingerprint density at radius 3 is 2.90 bits per heavy atom. The van der Waals surface area contributed by atoms with E-state index in [1.54, 1.807) is 6.33 Å². The normalized spacial score (nSPS) is 25.9. The number of rotatable bonds is 5. The summed E-state index contributed by atoms with van der Waals surface area (Å²) in [4.78, 5) is 9.94. The van der Waals surface area contributed by atoms with Crippen molar-refractivity contribution in [3.05, 3.63) is 18.2 Å². The van der Waals surface area contributed by atoms with Crippen LogP contribution in [-0.4, -0.2) is 40.5 Å². The largest absolute Gasteiger partial charge is 0.347 e. The molecule has 112 valence electrons. The Bertz CT molecular complexity index is 370. The average molecular weight is 276 g/mol. The van der Waals surface area contributed by atoms with Crippen molar-refractivity contribution in [2.24, 2.45) is 5.92 Å². The van der Waals surface area contributed by atoms with Gasteiger partial charge in [-0.2, -0.15) is 0 Å². The Morgan fingerprint density at radius 2 is 2.10 bits per heavy atom. The van der Waals surface area contributed by atoms with Gasteiger partial charge in [0.05, 0.1) is 6.33 Å². The Balaban J connectivity index is 1.41. The summed E-state index contributed by atoms with van der Waals surface area (Å²) >= 11 is 0. The van der Waals surface area contributed by atoms with Crippen molar-refractivity contribution >= 4 is 0 Å². The summed E-state index contributed by atoms with van der Waals surface area (Å²) in [6.45, 7) is 4.79. The van der Waals surface area contributed by atoms with E-state index in [0.29, 0.717) is 6.04 Å². The van der Waals surface area contributed by atoms with Crippen molar-refractivity contribution in [2.75, 3.05) is 19.6 Å². The van der Waals surface area contributed by atoms with Crippen molar-refractivity contribution in [2.45, 2.75) is 57.5 Å². The molecule has 1 saturated carbocycles. The molecular formula is C16H28N4. The zero-order valence-corrected chi connectivity index (χ0v) is 12.5. The molecule has 3 rings (SSSR count). The van der Waals surface area contributed by atoms with Crippen LogP contribution >= 0.6 is 0 Å². The highest BCUT2D eigenvalue weighted by Crippen LogP contribution is 2.25. The molecule has 1 aliphatic carbocycles. The lowest BCUT2D eigenvalue weighted by atomic mass is 9.88. The Morgan fingerprint density at radius 1 is 1.20 bits per heavy atom. The molecule has 4 nitrogen and oxygen atoms in total. The topological polar surface area (TPSA) is 44.0 Å². The number of H-pyrrole nitrogens is 1. The summed E-state index contributed by atoms with van der Waals surface area (Å²) in [5.41, 5.74) is 1.19. The highest BCUT2D eigenvalue weighted by atomic mass is 15.2. The standard InChI is InChI=1S/C16H28N4/c1-2-5-14(6-3-1)11-20-8-4-7-15(12-20)18-10-16-9-17-13-19-16/h9,13-15,18H,1-8,10-12H2,(H,17,19)/t15-/m0/s1. The minimum atomic E-state index is 0.649. The van der Waals surface area contributed by atoms with Crippen LogP contribution in [0.4, 0.5) is 0 Å². The number of likely N-dealkylation sites (tertiary alicyclic amines) is 1. The van der Waals surface area contributed by atoms with Crippen molar-refractivity contribution in [1.82, 2.24) is 20.2 Å². The molecule has 2 heterocycles. The summed E-state index contributed by atoms with van der Waals surface area (Å²) in [5, 5.41) is 3.68. The molecular weight excluding hydrogens is 248 g/mol. The van der Waals surface area contributed by atoms with E-state index in [-0.39, 0.29) is 0 Å². The third-order valence-electron chi connectivity index (χ3n) is 4.88. The maximum absolute atomic E-state index is 4.07. The Kier molecular flexibility index (Phi) is 5.09. The number of nitrogens with one attached hydrogen (secondary N) is 2. The molecule has 20 heavy (non-hydrogen) atoms. The van der Waals surface area contributed by atoms with Gasteiger partial charge in [-0.05, 0) is 38.1 Å². The number of hydrogen-bond acceptors (Lipinski definition) is 3. The quantitative estimate of drug-likeness (QED) is 0.868. The zero-order valence-electron chi connectivity index (χ0n) is 12.5. The van der Waals surface area contributed by atoms with Crippen molar-refractivity contribution in [3.8, 4) is 0 Å². The predicted molar refractivity (Wildman–Crippen MR) is 81.5 cm³/mol. The van der Waals surface area contributed by atoms with Gasteiger partial charge in [0.25, 0.3) is 0 Å². The van der Waals surface area contributed by atoms with Gasteiger partial charge in [-0.15, -0.1) is 0 Å². The predicted octanol–water partition coefficient (Wildman–Crippen LogP) is 2.54. The van der Waals surface area contributed by atoms with Gasteiger partial charge < -0.3 is 15.2 Å². The van der Waals surface area contributed by atoms with Gasteiger partial charge in [-0.1, -0.05) is 19.3 Å². The van der Waals surface area contributed by atoms with E-state index < -0.39 is 0 Å². The minimum Gasteiger partial charge on any atom is -0.347 e. The van der Waals surface area contributed by atoms with Crippen LogP contribution < -0.4 is 5.32 Å². The molecule has 0 aromatic carbocycles. The summed E-state index contributed by atoms with van der Waals surface area (Å²) in [6, 6.07) is 0.649. The van der Waals surface area contributed by atoms with E-state index in [2.05, 4.69) is 20.2 Å². The van der Waals surface area contributed by atoms with E-state index in [9.17, 15) is 0 Å². The fourth-order valence-electron chi connectivity index (χ4n) is 3.76. The lowest BCUT2D eigenvalue weighted by molar-refractivity contribution is 0.149. The number of nitrogens with zero attached hydrogens (tertiary/aromatic N) is 2. The van der Waals surface area contributed by atoms with Crippen LogP contribution in [0.15, 0.2) is 12.5 Å². The molecule has 0 radical (unpaired) electrons. The Hall–Kier alpha value is -0.870. The first-order valence-electron chi connectivity index (χ1n) is 8.33. The summed E-state index contributed by atoms with van der Waals surface area (Å²) < 4.78 is 0. The summed E-state index contributed by atoms with van der Waals surface area (Å²) in [5.74, 6) is 0.968. The first kappa shape index (κ1) is 14.1. The molecule has 0 unspecified atom stereocenters. The van der Waals surface area contributed by atoms with Crippen LogP contribution in [0.3, 0.4) is 0 Å². The maximum Gasteiger partial charge on any atom is 0.0922 e. The van der Waals surface area contributed by atoms with E-state index in [1.807, 2.05) is 6.20 Å². The van der Waals surface area contributed by atoms with E-state index in [0.717, 1.165) is 12.5 Å². The van der Waals surface area contributed by atoms with Crippen LogP contribution in [0.25, 0.3) is 0 Å². The average Bonchev–Trinajstić information content (AvgIpc) is 3.00. The third kappa shape index (κ3) is 4.06. The number of aromatic amines is 1. The first-order chi connectivity index (χ1) is 9.90. The second-order valence-corrected chi connectivity index (χ2v) is 6.56. The van der Waals surface area contributed by atoms with Gasteiger partial charge in [-0.25, -0.2) is 4.98 Å². The molecule has 1 saturated heterocycles. The van der Waals surface area contributed by atoms with Gasteiger partial charge in [-0.3, -0.25) is 0 Å². The molecule has 1 aliphatic heterocycles. The maximum atomic E-state index is 4.07. The second-order valence-electron chi connectivity index (χ2n) is 6.56. The molecule has 2 aliphatic rings. The van der Waals surface area contributed by atoms with Gasteiger partial charge in [0.15, 0.2) is 0 Å². The van der Waals surface area contributed by atoms with Gasteiger partial charge >= 0.3 is 0 Å². The van der Waals surface area contributed by atoms with Gasteiger partial charge in [0.1, 0.15) is 0 Å². The smallest absolute Gasteiger partial charge is 0.0922 e. The Labute approximate surface area is 122 Å². The molecule has 1 aromatic rings. The number of aromatic nitrogens is 2. The second kappa shape index (κ2) is 7.23. The molecule has 0 amide bonds. The molecule has 0 bridgehead atoms. The van der Waals surface area contributed by atoms with E-state index in [1.165, 1.54) is 70.3 Å². The van der Waals surface area contributed by atoms with Crippen LogP contribution in [0.2, 0.25) is 0 Å². The van der Waals surface area contributed by atoms with Gasteiger partial charge in [0.2, 0.25) is 0 Å². The van der Waals surface area contributed by atoms with E-state index >= 15 is 0 Å². The molecule has 4 heteroatoms. The van der Waals surface area contributed by atoms with Crippen molar-refractivity contribution in [1.29, 1.82) is 0 Å². The lowest BCUT2D eigenvalue weighted by Gasteiger charge is -2.36. The molecule has 0 spiro atoms. The highest BCUT2D eigenvalue weighted by Gasteiger charge is 2.23. The SMILES string of the molecule is c1ncc(CN[C@H]2CCCN(CC3CCCCC3)C2)[nH]1. The molecule has 2 N–H and O–H groups in total. The fraction of sp³-hybridized carbons (Fsp3) is 0.812. The zero-order chi connectivity index (χ0) is 13.6. The molecule has 2 fully saturated rings. The molecule has 1 atom stereocenters. The third-order valence-corrected chi connectivity index (χ3v) is 4.88.